The van der Waals surface area contributed by atoms with Crippen molar-refractivity contribution < 1.29 is 44.9 Å². The van der Waals surface area contributed by atoms with Crippen LogP contribution in [0.25, 0.3) is 0 Å². The summed E-state index contributed by atoms with van der Waals surface area (Å²) in [4.78, 5) is 32.2. The van der Waals surface area contributed by atoms with Crippen molar-refractivity contribution in [2.24, 2.45) is 0 Å². The monoisotopic (exact) mass is 226 g/mol. The molecular formula is H4O6P2Zn. The molecule has 0 radical (unpaired) electrons. The molecule has 0 bridgehead atoms. The summed E-state index contributed by atoms with van der Waals surface area (Å²) in [6, 6.07) is 0. The predicted octanol–water partition coefficient (Wildman–Crippen LogP) is -0.746. The van der Waals surface area contributed by atoms with Crippen LogP contribution in [0.1, 0.15) is 0 Å². The van der Waals surface area contributed by atoms with Gasteiger partial charge in [-0.05, 0) is 0 Å². The summed E-state index contributed by atoms with van der Waals surface area (Å²) in [5.74, 6) is -8.73. The third-order valence-electron chi connectivity index (χ3n) is 0.368. The van der Waals surface area contributed by atoms with Crippen LogP contribution in [0.5, 0.6) is 0 Å². The van der Waals surface area contributed by atoms with Gasteiger partial charge in [0, 0.05) is 0 Å². The molecule has 6 nitrogen and oxygen atoms in total. The first-order valence-electron chi connectivity index (χ1n) is 1.80. The molecule has 0 aliphatic carbocycles. The van der Waals surface area contributed by atoms with E-state index in [1.165, 1.54) is 0 Å². The van der Waals surface area contributed by atoms with Crippen LogP contribution < -0.4 is 0 Å². The maximum absolute atomic E-state index is 9.93. The van der Waals surface area contributed by atoms with E-state index in [4.69, 9.17) is 19.6 Å². The Morgan fingerprint density at radius 1 is 0.889 bits per heavy atom. The fraction of sp³-hybridized carbons (Fsp3) is 0. The quantitative estimate of drug-likeness (QED) is 0.364. The fourth-order valence-electron chi connectivity index (χ4n) is 0.240. The second-order valence-electron chi connectivity index (χ2n) is 1.47. The van der Waals surface area contributed by atoms with E-state index in [9.17, 15) is 9.13 Å². The summed E-state index contributed by atoms with van der Waals surface area (Å²) in [6.45, 7) is 0. The Balaban J connectivity index is 4.07. The van der Waals surface area contributed by atoms with Crippen LogP contribution in [0, 0.1) is 0 Å². The van der Waals surface area contributed by atoms with Crippen LogP contribution in [0.4, 0.5) is 0 Å². The molecule has 9 heavy (non-hydrogen) atoms. The second-order valence-corrected chi connectivity index (χ2v) is 21.0. The number of rotatable bonds is 2. The van der Waals surface area contributed by atoms with E-state index in [0.717, 1.165) is 0 Å². The van der Waals surface area contributed by atoms with Crippen LogP contribution >= 0.6 is 11.9 Å². The molecule has 0 fully saturated rings. The Morgan fingerprint density at radius 3 is 1.11 bits per heavy atom. The standard InChI is InChI=1S/2HO3P.Zn/c2*1-4(2)3;/h2*(H-,1,2,3);/q;;-2/p+2. The van der Waals surface area contributed by atoms with Gasteiger partial charge in [0.25, 0.3) is 0 Å². The van der Waals surface area contributed by atoms with Gasteiger partial charge in [-0.15, -0.1) is 0 Å². The average Bonchev–Trinajstić information content (AvgIpc) is 1.14. The van der Waals surface area contributed by atoms with E-state index in [0.29, 0.717) is 0 Å². The summed E-state index contributed by atoms with van der Waals surface area (Å²) in [5, 5.41) is 0. The summed E-state index contributed by atoms with van der Waals surface area (Å²) in [7, 11) is 0. The van der Waals surface area contributed by atoms with E-state index in [1.54, 1.807) is 0 Å². The summed E-state index contributed by atoms with van der Waals surface area (Å²) < 4.78 is 19.9. The first kappa shape index (κ1) is 9.92. The third kappa shape index (κ3) is 8.92. The van der Waals surface area contributed by atoms with Crippen LogP contribution in [0.2, 0.25) is 0 Å². The molecule has 0 spiro atoms. The SMILES string of the molecule is O=[P](O)(O)[Zn][P](=O)(O)O. The van der Waals surface area contributed by atoms with Crippen LogP contribution in [-0.2, 0) is 25.3 Å². The van der Waals surface area contributed by atoms with Crippen molar-refractivity contribution in [2.75, 3.05) is 0 Å². The zero-order valence-corrected chi connectivity index (χ0v) is 8.96. The molecule has 9 heteroatoms. The van der Waals surface area contributed by atoms with Crippen LogP contribution in [0.3, 0.4) is 0 Å². The van der Waals surface area contributed by atoms with E-state index in [-0.39, 0.29) is 0 Å². The van der Waals surface area contributed by atoms with Gasteiger partial charge in [0.15, 0.2) is 0 Å². The summed E-state index contributed by atoms with van der Waals surface area (Å²) in [6.07, 6.45) is 0. The van der Waals surface area contributed by atoms with Gasteiger partial charge < -0.3 is 0 Å². The minimum atomic E-state index is -4.36. The number of hydrogen-bond donors (Lipinski definition) is 4. The minimum absolute atomic E-state index is 3.00. The predicted molar refractivity (Wildman–Crippen MR) is 24.1 cm³/mol. The van der Waals surface area contributed by atoms with Crippen LogP contribution in [-0.4, -0.2) is 19.6 Å². The molecule has 52 valence electrons. The zero-order valence-electron chi connectivity index (χ0n) is 4.21. The Labute approximate surface area is 57.2 Å². The zero-order chi connectivity index (χ0) is 7.71. The molecule has 0 aromatic heterocycles. The topological polar surface area (TPSA) is 115 Å². The number of hydrogen-bond acceptors (Lipinski definition) is 2. The molecule has 0 saturated heterocycles. The Bertz CT molecular complexity index is 151. The van der Waals surface area contributed by atoms with Gasteiger partial charge in [0.2, 0.25) is 0 Å². The molecular weight excluding hydrogens is 223 g/mol. The molecule has 0 rings (SSSR count). The van der Waals surface area contributed by atoms with Gasteiger partial charge in [0.05, 0.1) is 0 Å². The van der Waals surface area contributed by atoms with Crippen molar-refractivity contribution in [1.82, 2.24) is 0 Å². The molecule has 0 heterocycles. The molecule has 4 N–H and O–H groups in total. The molecule has 0 aromatic rings. The normalized spacial score (nSPS) is 12.9. The van der Waals surface area contributed by atoms with Gasteiger partial charge in [-0.25, -0.2) is 0 Å². The summed E-state index contributed by atoms with van der Waals surface area (Å²) >= 11 is -3.00. The van der Waals surface area contributed by atoms with Gasteiger partial charge in [-0.1, -0.05) is 0 Å². The average molecular weight is 227 g/mol. The second kappa shape index (κ2) is 2.89. The van der Waals surface area contributed by atoms with E-state index < -0.39 is 28.0 Å². The van der Waals surface area contributed by atoms with Crippen molar-refractivity contribution in [2.45, 2.75) is 0 Å². The fourth-order valence-corrected chi connectivity index (χ4v) is 11.2. The van der Waals surface area contributed by atoms with Crippen molar-refractivity contribution >= 4 is 11.9 Å². The first-order chi connectivity index (χ1) is 3.71. The molecule has 0 aliphatic heterocycles. The summed E-state index contributed by atoms with van der Waals surface area (Å²) in [5.41, 5.74) is 0. The van der Waals surface area contributed by atoms with E-state index >= 15 is 0 Å². The van der Waals surface area contributed by atoms with Crippen molar-refractivity contribution in [1.29, 1.82) is 0 Å². The maximum atomic E-state index is 9.93. The van der Waals surface area contributed by atoms with Crippen LogP contribution in [0.15, 0.2) is 0 Å². The molecule has 0 aromatic carbocycles. The van der Waals surface area contributed by atoms with Gasteiger partial charge in [-0.3, -0.25) is 0 Å². The van der Waals surface area contributed by atoms with Crippen molar-refractivity contribution in [3.05, 3.63) is 0 Å². The first-order valence-corrected chi connectivity index (χ1v) is 13.4. The molecule has 0 aliphatic rings. The Kier molecular flexibility index (Phi) is 3.19. The molecule has 0 unspecified atom stereocenters. The third-order valence-corrected chi connectivity index (χ3v) is 17.2. The van der Waals surface area contributed by atoms with Gasteiger partial charge in [0.1, 0.15) is 0 Å². The molecule has 0 saturated carbocycles. The van der Waals surface area contributed by atoms with Gasteiger partial charge >= 0.3 is 56.7 Å². The van der Waals surface area contributed by atoms with Crippen molar-refractivity contribution in [3.63, 3.8) is 0 Å². The van der Waals surface area contributed by atoms with E-state index in [1.807, 2.05) is 0 Å². The Morgan fingerprint density at radius 2 is 1.11 bits per heavy atom. The Hall–Kier alpha value is 0.923. The van der Waals surface area contributed by atoms with E-state index in [2.05, 4.69) is 0 Å². The van der Waals surface area contributed by atoms with Crippen molar-refractivity contribution in [3.8, 4) is 0 Å². The molecule has 0 atom stereocenters. The van der Waals surface area contributed by atoms with Gasteiger partial charge in [-0.2, -0.15) is 0 Å². The molecule has 0 amide bonds.